The molecule has 0 unspecified atom stereocenters. The molecule has 2 rings (SSSR count). The molecule has 0 fully saturated rings. The Balaban J connectivity index is 2.03. The SMILES string of the molecule is C[C@@H](O)c1ccc(Br)cc1OCCc1ccnn1C. The maximum absolute atomic E-state index is 9.71. The van der Waals surface area contributed by atoms with E-state index in [0.29, 0.717) is 12.4 Å². The largest absolute Gasteiger partial charge is 0.493 e. The van der Waals surface area contributed by atoms with Crippen molar-refractivity contribution in [2.75, 3.05) is 6.61 Å². The Hall–Kier alpha value is -1.33. The standard InChI is InChI=1S/C14H17BrN2O2/c1-10(18)13-4-3-11(15)9-14(13)19-8-6-12-5-7-16-17(12)2/h3-5,7,9-10,18H,6,8H2,1-2H3/t10-/m1/s1. The highest BCUT2D eigenvalue weighted by molar-refractivity contribution is 9.10. The van der Waals surface area contributed by atoms with Gasteiger partial charge in [-0.25, -0.2) is 0 Å². The molecule has 0 saturated carbocycles. The fraction of sp³-hybridized carbons (Fsp3) is 0.357. The van der Waals surface area contributed by atoms with E-state index in [1.54, 1.807) is 13.1 Å². The van der Waals surface area contributed by atoms with Crippen molar-refractivity contribution >= 4 is 15.9 Å². The van der Waals surface area contributed by atoms with Gasteiger partial charge in [-0.1, -0.05) is 22.0 Å². The number of hydrogen-bond acceptors (Lipinski definition) is 3. The summed E-state index contributed by atoms with van der Waals surface area (Å²) in [7, 11) is 1.91. The molecule has 19 heavy (non-hydrogen) atoms. The smallest absolute Gasteiger partial charge is 0.126 e. The number of aromatic nitrogens is 2. The Bertz CT molecular complexity index is 552. The van der Waals surface area contributed by atoms with E-state index in [1.165, 1.54) is 0 Å². The summed E-state index contributed by atoms with van der Waals surface area (Å²) in [6, 6.07) is 7.62. The molecular weight excluding hydrogens is 308 g/mol. The number of aliphatic hydroxyl groups is 1. The molecule has 0 bridgehead atoms. The van der Waals surface area contributed by atoms with Crippen LogP contribution in [0.3, 0.4) is 0 Å². The first kappa shape index (κ1) is 14.1. The van der Waals surface area contributed by atoms with Crippen LogP contribution in [-0.4, -0.2) is 21.5 Å². The third-order valence-electron chi connectivity index (χ3n) is 2.96. The van der Waals surface area contributed by atoms with Crippen LogP contribution in [0.2, 0.25) is 0 Å². The van der Waals surface area contributed by atoms with Crippen LogP contribution >= 0.6 is 15.9 Å². The summed E-state index contributed by atoms with van der Waals surface area (Å²) < 4.78 is 8.55. The van der Waals surface area contributed by atoms with Gasteiger partial charge in [-0.2, -0.15) is 5.10 Å². The highest BCUT2D eigenvalue weighted by Gasteiger charge is 2.10. The van der Waals surface area contributed by atoms with Gasteiger partial charge in [-0.05, 0) is 25.1 Å². The van der Waals surface area contributed by atoms with E-state index in [0.717, 1.165) is 22.2 Å². The van der Waals surface area contributed by atoms with Crippen molar-refractivity contribution in [1.82, 2.24) is 9.78 Å². The van der Waals surface area contributed by atoms with Gasteiger partial charge in [0.15, 0.2) is 0 Å². The Morgan fingerprint density at radius 3 is 2.84 bits per heavy atom. The second kappa shape index (κ2) is 6.21. The summed E-state index contributed by atoms with van der Waals surface area (Å²) in [6.45, 7) is 2.28. The van der Waals surface area contributed by atoms with Crippen molar-refractivity contribution in [2.24, 2.45) is 7.05 Å². The summed E-state index contributed by atoms with van der Waals surface area (Å²) in [6.07, 6.45) is 2.01. The zero-order chi connectivity index (χ0) is 13.8. The molecule has 2 aromatic rings. The molecule has 1 atom stereocenters. The maximum Gasteiger partial charge on any atom is 0.126 e. The lowest BCUT2D eigenvalue weighted by Crippen LogP contribution is -2.07. The Morgan fingerprint density at radius 2 is 2.21 bits per heavy atom. The summed E-state index contributed by atoms with van der Waals surface area (Å²) in [4.78, 5) is 0. The van der Waals surface area contributed by atoms with Gasteiger partial charge in [-0.3, -0.25) is 4.68 Å². The lowest BCUT2D eigenvalue weighted by atomic mass is 10.1. The second-order valence-electron chi connectivity index (χ2n) is 4.40. The fourth-order valence-corrected chi connectivity index (χ4v) is 2.23. The third kappa shape index (κ3) is 3.58. The summed E-state index contributed by atoms with van der Waals surface area (Å²) in [5.41, 5.74) is 1.92. The number of ether oxygens (including phenoxy) is 1. The molecule has 0 aliphatic heterocycles. The molecular formula is C14H17BrN2O2. The highest BCUT2D eigenvalue weighted by Crippen LogP contribution is 2.28. The second-order valence-corrected chi connectivity index (χ2v) is 5.32. The van der Waals surface area contributed by atoms with Crippen molar-refractivity contribution in [1.29, 1.82) is 0 Å². The van der Waals surface area contributed by atoms with Gasteiger partial charge < -0.3 is 9.84 Å². The van der Waals surface area contributed by atoms with Crippen LogP contribution in [-0.2, 0) is 13.5 Å². The minimum atomic E-state index is -0.542. The Morgan fingerprint density at radius 1 is 1.42 bits per heavy atom. The molecule has 1 N–H and O–H groups in total. The number of aryl methyl sites for hydroxylation is 1. The zero-order valence-corrected chi connectivity index (χ0v) is 12.6. The first-order valence-corrected chi connectivity index (χ1v) is 6.94. The van der Waals surface area contributed by atoms with Gasteiger partial charge in [0, 0.05) is 35.4 Å². The molecule has 1 heterocycles. The minimum absolute atomic E-state index is 0.542. The molecule has 1 aromatic heterocycles. The van der Waals surface area contributed by atoms with Crippen molar-refractivity contribution in [3.8, 4) is 5.75 Å². The lowest BCUT2D eigenvalue weighted by molar-refractivity contribution is 0.191. The quantitative estimate of drug-likeness (QED) is 0.919. The first-order chi connectivity index (χ1) is 9.08. The number of hydrogen-bond donors (Lipinski definition) is 1. The van der Waals surface area contributed by atoms with Crippen molar-refractivity contribution in [3.05, 3.63) is 46.2 Å². The molecule has 0 aliphatic rings. The fourth-order valence-electron chi connectivity index (χ4n) is 1.89. The molecule has 0 amide bonds. The molecule has 0 spiro atoms. The van der Waals surface area contributed by atoms with Crippen LogP contribution in [0.25, 0.3) is 0 Å². The van der Waals surface area contributed by atoms with Crippen LogP contribution in [0, 0.1) is 0 Å². The van der Waals surface area contributed by atoms with Gasteiger partial charge >= 0.3 is 0 Å². The van der Waals surface area contributed by atoms with Gasteiger partial charge in [0.25, 0.3) is 0 Å². The van der Waals surface area contributed by atoms with Gasteiger partial charge in [-0.15, -0.1) is 0 Å². The molecule has 0 aliphatic carbocycles. The van der Waals surface area contributed by atoms with Gasteiger partial charge in [0.05, 0.1) is 12.7 Å². The van der Waals surface area contributed by atoms with Crippen molar-refractivity contribution in [2.45, 2.75) is 19.4 Å². The van der Waals surface area contributed by atoms with Crippen LogP contribution in [0.1, 0.15) is 24.3 Å². The van der Waals surface area contributed by atoms with E-state index in [9.17, 15) is 5.11 Å². The average Bonchev–Trinajstić information content (AvgIpc) is 2.75. The minimum Gasteiger partial charge on any atom is -0.493 e. The van der Waals surface area contributed by atoms with Crippen LogP contribution < -0.4 is 4.74 Å². The number of nitrogens with zero attached hydrogens (tertiary/aromatic N) is 2. The maximum atomic E-state index is 9.71. The summed E-state index contributed by atoms with van der Waals surface area (Å²) >= 11 is 3.41. The van der Waals surface area contributed by atoms with E-state index >= 15 is 0 Å². The predicted octanol–water partition coefficient (Wildman–Crippen LogP) is 2.86. The predicted molar refractivity (Wildman–Crippen MR) is 77.2 cm³/mol. The molecule has 5 heteroatoms. The number of aliphatic hydroxyl groups excluding tert-OH is 1. The zero-order valence-electron chi connectivity index (χ0n) is 11.0. The molecule has 4 nitrogen and oxygen atoms in total. The van der Waals surface area contributed by atoms with E-state index < -0.39 is 6.10 Å². The number of rotatable bonds is 5. The molecule has 102 valence electrons. The van der Waals surface area contributed by atoms with Gasteiger partial charge in [0.2, 0.25) is 0 Å². The van der Waals surface area contributed by atoms with Crippen LogP contribution in [0.4, 0.5) is 0 Å². The number of halogens is 1. The van der Waals surface area contributed by atoms with Crippen molar-refractivity contribution in [3.63, 3.8) is 0 Å². The van der Waals surface area contributed by atoms with Crippen LogP contribution in [0.15, 0.2) is 34.9 Å². The lowest BCUT2D eigenvalue weighted by Gasteiger charge is -2.14. The normalized spacial score (nSPS) is 12.4. The van der Waals surface area contributed by atoms with Gasteiger partial charge in [0.1, 0.15) is 5.75 Å². The summed E-state index contributed by atoms with van der Waals surface area (Å²) in [5, 5.41) is 13.8. The molecule has 0 radical (unpaired) electrons. The number of benzene rings is 1. The van der Waals surface area contributed by atoms with E-state index in [4.69, 9.17) is 4.74 Å². The average molecular weight is 325 g/mol. The first-order valence-electron chi connectivity index (χ1n) is 6.15. The van der Waals surface area contributed by atoms with E-state index in [-0.39, 0.29) is 0 Å². The molecule has 1 aromatic carbocycles. The van der Waals surface area contributed by atoms with Crippen LogP contribution in [0.5, 0.6) is 5.75 Å². The Labute approximate surface area is 121 Å². The third-order valence-corrected chi connectivity index (χ3v) is 3.46. The highest BCUT2D eigenvalue weighted by atomic mass is 79.9. The summed E-state index contributed by atoms with van der Waals surface area (Å²) in [5.74, 6) is 0.714. The molecule has 0 saturated heterocycles. The van der Waals surface area contributed by atoms with E-state index in [2.05, 4.69) is 21.0 Å². The van der Waals surface area contributed by atoms with Crippen molar-refractivity contribution < 1.29 is 9.84 Å². The monoisotopic (exact) mass is 324 g/mol. The Kier molecular flexibility index (Phi) is 4.61. The van der Waals surface area contributed by atoms with E-state index in [1.807, 2.05) is 36.0 Å². The topological polar surface area (TPSA) is 47.3 Å².